The molecule has 0 bridgehead atoms. The van der Waals surface area contributed by atoms with E-state index in [4.69, 9.17) is 9.52 Å². The number of aryl methyl sites for hydroxylation is 1. The second-order valence-corrected chi connectivity index (χ2v) is 10.0. The van der Waals surface area contributed by atoms with Gasteiger partial charge in [-0.2, -0.15) is 4.52 Å². The molecule has 1 amide bonds. The lowest BCUT2D eigenvalue weighted by atomic mass is 10.00. The van der Waals surface area contributed by atoms with Crippen LogP contribution in [0.3, 0.4) is 0 Å². The van der Waals surface area contributed by atoms with Crippen molar-refractivity contribution in [3.8, 4) is 0 Å². The predicted molar refractivity (Wildman–Crippen MR) is 138 cm³/mol. The molecule has 5 rings (SSSR count). The number of likely N-dealkylation sites (tertiary alicyclic amines) is 1. The Bertz CT molecular complexity index is 1150. The van der Waals surface area contributed by atoms with Crippen molar-refractivity contribution in [2.75, 3.05) is 44.7 Å². The third-order valence-corrected chi connectivity index (χ3v) is 7.47. The highest BCUT2D eigenvalue weighted by Gasteiger charge is 2.22. The van der Waals surface area contributed by atoms with Crippen LogP contribution in [0.25, 0.3) is 5.65 Å². The lowest BCUT2D eigenvalue weighted by Crippen LogP contribution is -2.45. The SMILES string of the molecule is CC[C@H]1CCCCN1Cc1ccc(CNC(=O)CCc2nnc3ccc(N4CCN(C)CC4)nn23)o1. The zero-order valence-corrected chi connectivity index (χ0v) is 21.5. The number of carbonyl (C=O) groups excluding carboxylic acids is 1. The molecule has 2 fully saturated rings. The van der Waals surface area contributed by atoms with Crippen LogP contribution in [0, 0.1) is 0 Å². The van der Waals surface area contributed by atoms with E-state index >= 15 is 0 Å². The number of furan rings is 1. The molecule has 1 atom stereocenters. The minimum Gasteiger partial charge on any atom is -0.463 e. The fourth-order valence-corrected chi connectivity index (χ4v) is 5.22. The normalized spacial score (nSPS) is 19.7. The molecule has 36 heavy (non-hydrogen) atoms. The van der Waals surface area contributed by atoms with Crippen LogP contribution < -0.4 is 10.2 Å². The molecule has 5 heterocycles. The van der Waals surface area contributed by atoms with Crippen molar-refractivity contribution in [1.82, 2.24) is 34.9 Å². The first kappa shape index (κ1) is 24.7. The fourth-order valence-electron chi connectivity index (χ4n) is 5.22. The van der Waals surface area contributed by atoms with E-state index in [0.29, 0.717) is 36.9 Å². The first-order chi connectivity index (χ1) is 17.6. The summed E-state index contributed by atoms with van der Waals surface area (Å²) < 4.78 is 7.78. The minimum atomic E-state index is -0.0398. The highest BCUT2D eigenvalue weighted by atomic mass is 16.3. The van der Waals surface area contributed by atoms with Gasteiger partial charge in [0.25, 0.3) is 0 Å². The number of piperazine rings is 1. The van der Waals surface area contributed by atoms with Gasteiger partial charge in [-0.3, -0.25) is 9.69 Å². The van der Waals surface area contributed by atoms with Crippen molar-refractivity contribution < 1.29 is 9.21 Å². The van der Waals surface area contributed by atoms with E-state index in [1.165, 1.54) is 25.7 Å². The van der Waals surface area contributed by atoms with Crippen LogP contribution in [0.4, 0.5) is 5.82 Å². The number of carbonyl (C=O) groups is 1. The average Bonchev–Trinajstić information content (AvgIpc) is 3.53. The molecule has 3 aromatic heterocycles. The van der Waals surface area contributed by atoms with Crippen molar-refractivity contribution in [3.63, 3.8) is 0 Å². The first-order valence-electron chi connectivity index (χ1n) is 13.3. The van der Waals surface area contributed by atoms with Gasteiger partial charge in [0.2, 0.25) is 5.91 Å². The quantitative estimate of drug-likeness (QED) is 0.485. The van der Waals surface area contributed by atoms with E-state index in [1.54, 1.807) is 4.52 Å². The number of piperidine rings is 1. The molecule has 0 aromatic carbocycles. The lowest BCUT2D eigenvalue weighted by molar-refractivity contribution is -0.121. The Labute approximate surface area is 212 Å². The van der Waals surface area contributed by atoms with E-state index in [0.717, 1.165) is 56.6 Å². The van der Waals surface area contributed by atoms with Crippen molar-refractivity contribution in [2.45, 2.75) is 64.6 Å². The second kappa shape index (κ2) is 11.4. The smallest absolute Gasteiger partial charge is 0.220 e. The topological polar surface area (TPSA) is 95.0 Å². The zero-order valence-electron chi connectivity index (χ0n) is 21.5. The largest absolute Gasteiger partial charge is 0.463 e. The van der Waals surface area contributed by atoms with Gasteiger partial charge in [-0.15, -0.1) is 15.3 Å². The molecule has 2 aliphatic heterocycles. The summed E-state index contributed by atoms with van der Waals surface area (Å²) in [7, 11) is 2.14. The Kier molecular flexibility index (Phi) is 7.81. The number of amides is 1. The summed E-state index contributed by atoms with van der Waals surface area (Å²) in [4.78, 5) is 19.7. The molecule has 0 saturated carbocycles. The number of hydrogen-bond donors (Lipinski definition) is 1. The van der Waals surface area contributed by atoms with E-state index in [2.05, 4.69) is 44.2 Å². The standard InChI is InChI=1S/C26H38N8O2/c1-3-20-6-4-5-13-33(20)19-22-8-7-21(36-22)18-27-26(35)12-11-24-29-28-23-9-10-25(30-34(23)24)32-16-14-31(2)15-17-32/h7-10,20H,3-6,11-19H2,1-2H3,(H,27,35)/t20-/m0/s1. The van der Waals surface area contributed by atoms with E-state index < -0.39 is 0 Å². The molecule has 10 heteroatoms. The van der Waals surface area contributed by atoms with Crippen molar-refractivity contribution >= 4 is 17.4 Å². The molecule has 194 valence electrons. The molecule has 1 N–H and O–H groups in total. The van der Waals surface area contributed by atoms with E-state index in [9.17, 15) is 4.79 Å². The number of rotatable bonds is 9. The Morgan fingerprint density at radius 1 is 1.06 bits per heavy atom. The predicted octanol–water partition coefficient (Wildman–Crippen LogP) is 2.48. The van der Waals surface area contributed by atoms with Crippen LogP contribution in [-0.4, -0.2) is 81.3 Å². The highest BCUT2D eigenvalue weighted by Crippen LogP contribution is 2.22. The van der Waals surface area contributed by atoms with Gasteiger partial charge in [0, 0.05) is 45.1 Å². The Morgan fingerprint density at radius 2 is 1.89 bits per heavy atom. The number of aromatic nitrogens is 4. The van der Waals surface area contributed by atoms with Gasteiger partial charge < -0.3 is 19.5 Å². The number of fused-ring (bicyclic) bond motifs is 1. The molecule has 10 nitrogen and oxygen atoms in total. The van der Waals surface area contributed by atoms with Gasteiger partial charge in [0.15, 0.2) is 11.5 Å². The molecule has 0 spiro atoms. The van der Waals surface area contributed by atoms with Gasteiger partial charge in [0.05, 0.1) is 13.1 Å². The molecule has 2 saturated heterocycles. The van der Waals surface area contributed by atoms with Gasteiger partial charge in [-0.05, 0) is 57.1 Å². The molecule has 2 aliphatic rings. The fraction of sp³-hybridized carbons (Fsp3) is 0.615. The van der Waals surface area contributed by atoms with Gasteiger partial charge >= 0.3 is 0 Å². The van der Waals surface area contributed by atoms with E-state index in [-0.39, 0.29) is 5.91 Å². The molecule has 0 aliphatic carbocycles. The molecule has 0 unspecified atom stereocenters. The van der Waals surface area contributed by atoms with Crippen LogP contribution in [0.5, 0.6) is 0 Å². The van der Waals surface area contributed by atoms with Crippen molar-refractivity contribution in [2.24, 2.45) is 0 Å². The maximum Gasteiger partial charge on any atom is 0.220 e. The summed E-state index contributed by atoms with van der Waals surface area (Å²) in [6.07, 6.45) is 5.83. The number of nitrogens with zero attached hydrogens (tertiary/aromatic N) is 7. The third-order valence-electron chi connectivity index (χ3n) is 7.47. The number of hydrogen-bond acceptors (Lipinski definition) is 8. The third kappa shape index (κ3) is 5.87. The van der Waals surface area contributed by atoms with Crippen molar-refractivity contribution in [3.05, 3.63) is 41.6 Å². The van der Waals surface area contributed by atoms with Gasteiger partial charge in [-0.25, -0.2) is 0 Å². The highest BCUT2D eigenvalue weighted by molar-refractivity contribution is 5.76. The average molecular weight is 495 g/mol. The van der Waals surface area contributed by atoms with Gasteiger partial charge in [-0.1, -0.05) is 13.3 Å². The lowest BCUT2D eigenvalue weighted by Gasteiger charge is -2.34. The summed E-state index contributed by atoms with van der Waals surface area (Å²) in [5, 5.41) is 16.2. The number of likely N-dealkylation sites (N-methyl/N-ethyl adjacent to an activating group) is 1. The Hall–Kier alpha value is -2.98. The maximum atomic E-state index is 12.5. The zero-order chi connectivity index (χ0) is 24.9. The Morgan fingerprint density at radius 3 is 2.72 bits per heavy atom. The van der Waals surface area contributed by atoms with Gasteiger partial charge in [0.1, 0.15) is 17.3 Å². The van der Waals surface area contributed by atoms with Crippen LogP contribution in [0.1, 0.15) is 56.4 Å². The molecular formula is C26H38N8O2. The maximum absolute atomic E-state index is 12.5. The summed E-state index contributed by atoms with van der Waals surface area (Å²) >= 11 is 0. The molecule has 3 aromatic rings. The van der Waals surface area contributed by atoms with Crippen molar-refractivity contribution in [1.29, 1.82) is 0 Å². The summed E-state index contributed by atoms with van der Waals surface area (Å²) in [6, 6.07) is 8.59. The molecular weight excluding hydrogens is 456 g/mol. The first-order valence-corrected chi connectivity index (χ1v) is 13.3. The summed E-state index contributed by atoms with van der Waals surface area (Å²) in [5.74, 6) is 3.33. The summed E-state index contributed by atoms with van der Waals surface area (Å²) in [6.45, 7) is 8.55. The second-order valence-electron chi connectivity index (χ2n) is 10.0. The van der Waals surface area contributed by atoms with Crippen LogP contribution >= 0.6 is 0 Å². The molecule has 0 radical (unpaired) electrons. The van der Waals surface area contributed by atoms with Crippen LogP contribution in [0.2, 0.25) is 0 Å². The Balaban J connectivity index is 1.12. The van der Waals surface area contributed by atoms with Crippen LogP contribution in [0.15, 0.2) is 28.7 Å². The summed E-state index contributed by atoms with van der Waals surface area (Å²) in [5.41, 5.74) is 0.699. The number of anilines is 1. The van der Waals surface area contributed by atoms with E-state index in [1.807, 2.05) is 24.3 Å². The minimum absolute atomic E-state index is 0.0398. The number of nitrogens with one attached hydrogen (secondary N) is 1. The monoisotopic (exact) mass is 494 g/mol. The van der Waals surface area contributed by atoms with Crippen LogP contribution in [-0.2, 0) is 24.3 Å².